The maximum Gasteiger partial charge on any atom is 0.411 e. The summed E-state index contributed by atoms with van der Waals surface area (Å²) in [6.07, 6.45) is 1.39. The van der Waals surface area contributed by atoms with Crippen LogP contribution >= 0.6 is 0 Å². The van der Waals surface area contributed by atoms with Crippen LogP contribution < -0.4 is 10.6 Å². The zero-order chi connectivity index (χ0) is 18.2. The van der Waals surface area contributed by atoms with E-state index < -0.39 is 0 Å². The summed E-state index contributed by atoms with van der Waals surface area (Å²) >= 11 is 0. The first-order valence-corrected chi connectivity index (χ1v) is 9.25. The second-order valence-electron chi connectivity index (χ2n) is 6.59. The van der Waals surface area contributed by atoms with Crippen molar-refractivity contribution in [1.29, 1.82) is 0 Å². The van der Waals surface area contributed by atoms with Gasteiger partial charge in [-0.25, -0.2) is 4.79 Å². The molecule has 138 valence electrons. The Morgan fingerprint density at radius 3 is 2.50 bits per heavy atom. The molecule has 2 aromatic rings. The normalized spacial score (nSPS) is 15.6. The van der Waals surface area contributed by atoms with Gasteiger partial charge in [0.05, 0.1) is 5.69 Å². The number of hydrogen-bond acceptors (Lipinski definition) is 4. The number of likely N-dealkylation sites (N-methyl/N-ethyl adjacent to an activating group) is 1. The van der Waals surface area contributed by atoms with E-state index in [9.17, 15) is 4.79 Å². The third-order valence-electron chi connectivity index (χ3n) is 4.73. The number of piperidine rings is 1. The molecule has 1 heterocycles. The molecule has 5 nitrogen and oxygen atoms in total. The number of likely N-dealkylation sites (tertiary alicyclic amines) is 1. The van der Waals surface area contributed by atoms with Gasteiger partial charge in [0.1, 0.15) is 6.10 Å². The Balaban J connectivity index is 1.55. The van der Waals surface area contributed by atoms with Crippen LogP contribution in [0.15, 0.2) is 54.6 Å². The van der Waals surface area contributed by atoms with Gasteiger partial charge < -0.3 is 15.0 Å². The lowest BCUT2D eigenvalue weighted by Crippen LogP contribution is -2.41. The Morgan fingerprint density at radius 2 is 1.77 bits per heavy atom. The highest BCUT2D eigenvalue weighted by molar-refractivity contribution is 5.91. The molecule has 0 aromatic heterocycles. The summed E-state index contributed by atoms with van der Waals surface area (Å²) in [5.74, 6) is 0. The van der Waals surface area contributed by atoms with Crippen molar-refractivity contribution in [1.82, 2.24) is 10.2 Å². The minimum Gasteiger partial charge on any atom is -0.446 e. The first-order chi connectivity index (χ1) is 12.8. The number of carbonyl (C=O) groups is 1. The van der Waals surface area contributed by atoms with Crippen molar-refractivity contribution in [3.8, 4) is 11.1 Å². The van der Waals surface area contributed by atoms with Crippen LogP contribution in [0.2, 0.25) is 0 Å². The molecule has 0 aliphatic carbocycles. The number of nitrogens with one attached hydrogen (secondary N) is 2. The van der Waals surface area contributed by atoms with Gasteiger partial charge >= 0.3 is 6.09 Å². The lowest BCUT2D eigenvalue weighted by Gasteiger charge is -2.31. The van der Waals surface area contributed by atoms with Crippen molar-refractivity contribution in [2.45, 2.75) is 18.9 Å². The first kappa shape index (κ1) is 18.4. The number of rotatable bonds is 6. The van der Waals surface area contributed by atoms with E-state index >= 15 is 0 Å². The molecule has 1 aliphatic rings. The second kappa shape index (κ2) is 9.36. The predicted molar refractivity (Wildman–Crippen MR) is 105 cm³/mol. The lowest BCUT2D eigenvalue weighted by molar-refractivity contribution is 0.0594. The van der Waals surface area contributed by atoms with Gasteiger partial charge in [-0.3, -0.25) is 5.32 Å². The number of para-hydroxylation sites is 1. The molecule has 2 aromatic carbocycles. The molecule has 1 amide bonds. The fraction of sp³-hybridized carbons (Fsp3) is 0.381. The van der Waals surface area contributed by atoms with Crippen LogP contribution in [0.4, 0.5) is 10.5 Å². The summed E-state index contributed by atoms with van der Waals surface area (Å²) in [4.78, 5) is 14.8. The molecule has 1 aliphatic heterocycles. The smallest absolute Gasteiger partial charge is 0.411 e. The van der Waals surface area contributed by atoms with E-state index in [1.807, 2.05) is 61.6 Å². The summed E-state index contributed by atoms with van der Waals surface area (Å²) in [5, 5.41) is 6.08. The zero-order valence-electron chi connectivity index (χ0n) is 15.3. The Kier molecular flexibility index (Phi) is 6.63. The number of anilines is 1. The number of ether oxygens (including phenoxy) is 1. The topological polar surface area (TPSA) is 53.6 Å². The maximum atomic E-state index is 12.4. The number of nitrogens with zero attached hydrogens (tertiary/aromatic N) is 1. The molecule has 26 heavy (non-hydrogen) atoms. The van der Waals surface area contributed by atoms with Crippen LogP contribution in [0.1, 0.15) is 12.8 Å². The van der Waals surface area contributed by atoms with E-state index in [1.165, 1.54) is 0 Å². The van der Waals surface area contributed by atoms with Gasteiger partial charge in [0.25, 0.3) is 0 Å². The standard InChI is InChI=1S/C21H27N3O2/c1-22-13-16-24-14-11-18(12-15-24)26-21(25)23-20-10-6-5-9-19(20)17-7-3-2-4-8-17/h2-10,18,22H,11-16H2,1H3,(H,23,25). The molecule has 1 saturated heterocycles. The maximum absolute atomic E-state index is 12.4. The molecule has 5 heteroatoms. The molecule has 0 saturated carbocycles. The van der Waals surface area contributed by atoms with Crippen molar-refractivity contribution in [2.75, 3.05) is 38.5 Å². The van der Waals surface area contributed by atoms with Gasteiger partial charge in [0.2, 0.25) is 0 Å². The first-order valence-electron chi connectivity index (χ1n) is 9.25. The Bertz CT molecular complexity index is 697. The number of carbonyl (C=O) groups excluding carboxylic acids is 1. The molecule has 2 N–H and O–H groups in total. The zero-order valence-corrected chi connectivity index (χ0v) is 15.3. The lowest BCUT2D eigenvalue weighted by atomic mass is 10.0. The third kappa shape index (κ3) is 5.07. The van der Waals surface area contributed by atoms with E-state index in [4.69, 9.17) is 4.74 Å². The molecular weight excluding hydrogens is 326 g/mol. The van der Waals surface area contributed by atoms with Crippen LogP contribution in [-0.4, -0.2) is 50.3 Å². The Morgan fingerprint density at radius 1 is 1.08 bits per heavy atom. The van der Waals surface area contributed by atoms with Gasteiger partial charge in [-0.15, -0.1) is 0 Å². The quantitative estimate of drug-likeness (QED) is 0.833. The summed E-state index contributed by atoms with van der Waals surface area (Å²) < 4.78 is 5.65. The highest BCUT2D eigenvalue weighted by Gasteiger charge is 2.22. The SMILES string of the molecule is CNCCN1CCC(OC(=O)Nc2ccccc2-c2ccccc2)CC1. The van der Waals surface area contributed by atoms with E-state index in [0.29, 0.717) is 0 Å². The molecular formula is C21H27N3O2. The minimum absolute atomic E-state index is 0.00952. The van der Waals surface area contributed by atoms with Crippen LogP contribution in [0.3, 0.4) is 0 Å². The van der Waals surface area contributed by atoms with E-state index in [2.05, 4.69) is 15.5 Å². The van der Waals surface area contributed by atoms with Crippen LogP contribution in [-0.2, 0) is 4.74 Å². The van der Waals surface area contributed by atoms with Gasteiger partial charge in [-0.05, 0) is 31.5 Å². The van der Waals surface area contributed by atoms with E-state index in [-0.39, 0.29) is 12.2 Å². The van der Waals surface area contributed by atoms with Crippen molar-refractivity contribution >= 4 is 11.8 Å². The molecule has 3 rings (SSSR count). The fourth-order valence-electron chi connectivity index (χ4n) is 3.27. The third-order valence-corrected chi connectivity index (χ3v) is 4.73. The number of hydrogen-bond donors (Lipinski definition) is 2. The van der Waals surface area contributed by atoms with E-state index in [1.54, 1.807) is 0 Å². The summed E-state index contributed by atoms with van der Waals surface area (Å²) in [5.41, 5.74) is 2.84. The average Bonchev–Trinajstić information content (AvgIpc) is 2.68. The summed E-state index contributed by atoms with van der Waals surface area (Å²) in [6, 6.07) is 17.8. The van der Waals surface area contributed by atoms with Crippen molar-refractivity contribution in [3.05, 3.63) is 54.6 Å². The largest absolute Gasteiger partial charge is 0.446 e. The van der Waals surface area contributed by atoms with Crippen molar-refractivity contribution in [2.24, 2.45) is 0 Å². The van der Waals surface area contributed by atoms with Gasteiger partial charge in [-0.2, -0.15) is 0 Å². The summed E-state index contributed by atoms with van der Waals surface area (Å²) in [7, 11) is 1.97. The average molecular weight is 353 g/mol. The molecule has 0 bridgehead atoms. The van der Waals surface area contributed by atoms with Crippen LogP contribution in [0.5, 0.6) is 0 Å². The highest BCUT2D eigenvalue weighted by Crippen LogP contribution is 2.27. The van der Waals surface area contributed by atoms with Crippen molar-refractivity contribution < 1.29 is 9.53 Å². The second-order valence-corrected chi connectivity index (χ2v) is 6.59. The Hall–Kier alpha value is -2.37. The summed E-state index contributed by atoms with van der Waals surface area (Å²) in [6.45, 7) is 3.97. The van der Waals surface area contributed by atoms with Gasteiger partial charge in [0.15, 0.2) is 0 Å². The fourth-order valence-corrected chi connectivity index (χ4v) is 3.27. The molecule has 0 atom stereocenters. The highest BCUT2D eigenvalue weighted by atomic mass is 16.6. The van der Waals surface area contributed by atoms with Gasteiger partial charge in [-0.1, -0.05) is 48.5 Å². The molecule has 0 spiro atoms. The molecule has 1 fully saturated rings. The van der Waals surface area contributed by atoms with E-state index in [0.717, 1.165) is 55.8 Å². The molecule has 0 unspecified atom stereocenters. The monoisotopic (exact) mass is 353 g/mol. The van der Waals surface area contributed by atoms with Gasteiger partial charge in [0, 0.05) is 31.7 Å². The van der Waals surface area contributed by atoms with Crippen LogP contribution in [0.25, 0.3) is 11.1 Å². The predicted octanol–water partition coefficient (Wildman–Crippen LogP) is 3.59. The Labute approximate surface area is 155 Å². The number of amides is 1. The molecule has 0 radical (unpaired) electrons. The number of benzene rings is 2. The van der Waals surface area contributed by atoms with Crippen LogP contribution in [0, 0.1) is 0 Å². The minimum atomic E-state index is -0.373. The van der Waals surface area contributed by atoms with Crippen molar-refractivity contribution in [3.63, 3.8) is 0 Å².